The zero-order valence-corrected chi connectivity index (χ0v) is 13.6. The third-order valence-corrected chi connectivity index (χ3v) is 4.63. The lowest BCUT2D eigenvalue weighted by Gasteiger charge is -2.38. The minimum atomic E-state index is 0.0474. The van der Waals surface area contributed by atoms with E-state index in [1.807, 2.05) is 0 Å². The fourth-order valence-corrected chi connectivity index (χ4v) is 3.56. The van der Waals surface area contributed by atoms with Crippen molar-refractivity contribution >= 4 is 5.91 Å². The van der Waals surface area contributed by atoms with Crippen molar-refractivity contribution in [2.75, 3.05) is 20.1 Å². The van der Waals surface area contributed by atoms with Gasteiger partial charge >= 0.3 is 0 Å². The normalized spacial score (nSPS) is 29.6. The predicted molar refractivity (Wildman–Crippen MR) is 82.4 cm³/mol. The molecule has 4 nitrogen and oxygen atoms in total. The molecule has 0 radical (unpaired) electrons. The molecule has 0 aromatic carbocycles. The number of amides is 1. The van der Waals surface area contributed by atoms with Crippen LogP contribution in [-0.4, -0.2) is 54.1 Å². The molecule has 2 aliphatic heterocycles. The smallest absolute Gasteiger partial charge is 0.241 e. The Labute approximate surface area is 123 Å². The van der Waals surface area contributed by atoms with Crippen molar-refractivity contribution in [3.8, 4) is 0 Å². The van der Waals surface area contributed by atoms with Crippen molar-refractivity contribution < 1.29 is 4.79 Å². The number of nitrogens with zero attached hydrogens (tertiary/aromatic N) is 2. The van der Waals surface area contributed by atoms with Crippen LogP contribution in [0.5, 0.6) is 0 Å². The molecular formula is C16H31N3O. The Morgan fingerprint density at radius 3 is 2.50 bits per heavy atom. The van der Waals surface area contributed by atoms with Gasteiger partial charge in [0.2, 0.25) is 5.91 Å². The molecule has 1 N–H and O–H groups in total. The third kappa shape index (κ3) is 3.53. The highest BCUT2D eigenvalue weighted by atomic mass is 16.2. The first-order valence-corrected chi connectivity index (χ1v) is 8.29. The summed E-state index contributed by atoms with van der Waals surface area (Å²) in [7, 11) is 2.17. The SMILES string of the molecule is CCCC1NC(CC(C)C)C(=O)N1C1CCN(C)CC1. The second-order valence-corrected chi connectivity index (χ2v) is 6.93. The molecule has 0 aliphatic carbocycles. The minimum Gasteiger partial charge on any atom is -0.323 e. The fraction of sp³-hybridized carbons (Fsp3) is 0.938. The molecule has 2 aliphatic rings. The molecule has 2 unspecified atom stereocenters. The van der Waals surface area contributed by atoms with E-state index in [0.717, 1.165) is 45.2 Å². The van der Waals surface area contributed by atoms with Crippen LogP contribution in [-0.2, 0) is 4.79 Å². The van der Waals surface area contributed by atoms with Crippen molar-refractivity contribution in [1.82, 2.24) is 15.1 Å². The third-order valence-electron chi connectivity index (χ3n) is 4.63. The van der Waals surface area contributed by atoms with Gasteiger partial charge in [-0.15, -0.1) is 0 Å². The first kappa shape index (κ1) is 15.8. The summed E-state index contributed by atoms with van der Waals surface area (Å²) in [5.74, 6) is 0.919. The van der Waals surface area contributed by atoms with Crippen molar-refractivity contribution in [3.05, 3.63) is 0 Å². The van der Waals surface area contributed by atoms with Gasteiger partial charge in [-0.3, -0.25) is 10.1 Å². The van der Waals surface area contributed by atoms with E-state index in [-0.39, 0.29) is 12.2 Å². The molecule has 20 heavy (non-hydrogen) atoms. The molecule has 2 heterocycles. The highest BCUT2D eigenvalue weighted by Gasteiger charge is 2.42. The summed E-state index contributed by atoms with van der Waals surface area (Å²) in [5.41, 5.74) is 0. The molecule has 116 valence electrons. The fourth-order valence-electron chi connectivity index (χ4n) is 3.56. The van der Waals surface area contributed by atoms with Gasteiger partial charge in [0.25, 0.3) is 0 Å². The highest BCUT2D eigenvalue weighted by Crippen LogP contribution is 2.26. The standard InChI is InChI=1S/C16H31N3O/c1-5-6-15-17-14(11-12(2)3)16(20)19(15)13-7-9-18(4)10-8-13/h12-15,17H,5-11H2,1-4H3. The van der Waals surface area contributed by atoms with E-state index in [1.54, 1.807) is 0 Å². The Morgan fingerprint density at radius 2 is 1.95 bits per heavy atom. The van der Waals surface area contributed by atoms with Gasteiger partial charge in [-0.25, -0.2) is 0 Å². The van der Waals surface area contributed by atoms with Crippen molar-refractivity contribution in [2.24, 2.45) is 5.92 Å². The molecule has 1 amide bonds. The molecule has 2 rings (SSSR count). The van der Waals surface area contributed by atoms with E-state index in [2.05, 4.69) is 42.9 Å². The van der Waals surface area contributed by atoms with E-state index in [4.69, 9.17) is 0 Å². The van der Waals surface area contributed by atoms with Crippen LogP contribution in [0.3, 0.4) is 0 Å². The Bertz CT molecular complexity index is 324. The van der Waals surface area contributed by atoms with Crippen LogP contribution in [0.2, 0.25) is 0 Å². The first-order chi connectivity index (χ1) is 9.52. The maximum absolute atomic E-state index is 12.8. The van der Waals surface area contributed by atoms with Gasteiger partial charge in [-0.1, -0.05) is 27.2 Å². The number of rotatable bonds is 5. The van der Waals surface area contributed by atoms with Crippen LogP contribution in [0.25, 0.3) is 0 Å². The molecular weight excluding hydrogens is 250 g/mol. The Hall–Kier alpha value is -0.610. The molecule has 2 atom stereocenters. The Kier molecular flexibility index (Phi) is 5.44. The lowest BCUT2D eigenvalue weighted by atomic mass is 10.0. The summed E-state index contributed by atoms with van der Waals surface area (Å²) >= 11 is 0. The maximum atomic E-state index is 12.8. The number of likely N-dealkylation sites (tertiary alicyclic amines) is 1. The van der Waals surface area contributed by atoms with Crippen LogP contribution in [0.4, 0.5) is 0 Å². The van der Waals surface area contributed by atoms with Gasteiger partial charge in [0.05, 0.1) is 12.2 Å². The van der Waals surface area contributed by atoms with Crippen molar-refractivity contribution in [1.29, 1.82) is 0 Å². The maximum Gasteiger partial charge on any atom is 0.241 e. The molecule has 2 fully saturated rings. The zero-order valence-electron chi connectivity index (χ0n) is 13.6. The molecule has 0 spiro atoms. The average molecular weight is 281 g/mol. The number of carbonyl (C=O) groups excluding carboxylic acids is 1. The number of piperidine rings is 1. The van der Waals surface area contributed by atoms with E-state index < -0.39 is 0 Å². The molecule has 0 aromatic heterocycles. The second-order valence-electron chi connectivity index (χ2n) is 6.93. The van der Waals surface area contributed by atoms with Crippen LogP contribution >= 0.6 is 0 Å². The summed E-state index contributed by atoms with van der Waals surface area (Å²) in [4.78, 5) is 17.3. The molecule has 4 heteroatoms. The van der Waals surface area contributed by atoms with Crippen LogP contribution in [0.1, 0.15) is 52.9 Å². The summed E-state index contributed by atoms with van der Waals surface area (Å²) in [6, 6.07) is 0.492. The highest BCUT2D eigenvalue weighted by molar-refractivity contribution is 5.84. The zero-order chi connectivity index (χ0) is 14.7. The van der Waals surface area contributed by atoms with E-state index >= 15 is 0 Å². The topological polar surface area (TPSA) is 35.6 Å². The summed E-state index contributed by atoms with van der Waals surface area (Å²) in [6.07, 6.45) is 5.68. The van der Waals surface area contributed by atoms with Gasteiger partial charge in [0.1, 0.15) is 0 Å². The quantitative estimate of drug-likeness (QED) is 0.838. The van der Waals surface area contributed by atoms with Gasteiger partial charge < -0.3 is 9.80 Å². The first-order valence-electron chi connectivity index (χ1n) is 8.29. The Morgan fingerprint density at radius 1 is 1.30 bits per heavy atom. The van der Waals surface area contributed by atoms with Gasteiger partial charge in [-0.2, -0.15) is 0 Å². The van der Waals surface area contributed by atoms with Gasteiger partial charge in [0.15, 0.2) is 0 Å². The number of nitrogens with one attached hydrogen (secondary N) is 1. The Balaban J connectivity index is 2.05. The van der Waals surface area contributed by atoms with Gasteiger partial charge in [0, 0.05) is 6.04 Å². The number of carbonyl (C=O) groups is 1. The number of hydrogen-bond acceptors (Lipinski definition) is 3. The van der Waals surface area contributed by atoms with Crippen molar-refractivity contribution in [3.63, 3.8) is 0 Å². The minimum absolute atomic E-state index is 0.0474. The van der Waals surface area contributed by atoms with E-state index in [9.17, 15) is 4.79 Å². The molecule has 0 bridgehead atoms. The summed E-state index contributed by atoms with van der Waals surface area (Å²) < 4.78 is 0. The predicted octanol–water partition coefficient (Wildman–Crippen LogP) is 2.05. The lowest BCUT2D eigenvalue weighted by molar-refractivity contribution is -0.133. The summed E-state index contributed by atoms with van der Waals surface area (Å²) in [6.45, 7) is 8.82. The van der Waals surface area contributed by atoms with Crippen LogP contribution < -0.4 is 5.32 Å². The van der Waals surface area contributed by atoms with Crippen LogP contribution in [0.15, 0.2) is 0 Å². The molecule has 2 saturated heterocycles. The van der Waals surface area contributed by atoms with Crippen molar-refractivity contribution in [2.45, 2.75) is 71.1 Å². The monoisotopic (exact) mass is 281 g/mol. The largest absolute Gasteiger partial charge is 0.323 e. The average Bonchev–Trinajstić information content (AvgIpc) is 2.67. The lowest BCUT2D eigenvalue weighted by Crippen LogP contribution is -2.49. The summed E-state index contributed by atoms with van der Waals surface area (Å²) in [5, 5.41) is 3.59. The van der Waals surface area contributed by atoms with Crippen LogP contribution in [0, 0.1) is 5.92 Å². The molecule has 0 aromatic rings. The van der Waals surface area contributed by atoms with E-state index in [1.165, 1.54) is 0 Å². The molecule has 0 saturated carbocycles. The second kappa shape index (κ2) is 6.90. The number of hydrogen-bond donors (Lipinski definition) is 1. The van der Waals surface area contributed by atoms with E-state index in [0.29, 0.717) is 17.9 Å². The van der Waals surface area contributed by atoms with Gasteiger partial charge in [-0.05, 0) is 51.7 Å².